The van der Waals surface area contributed by atoms with Gasteiger partial charge in [-0.25, -0.2) is 4.98 Å². The number of fused-ring (bicyclic) bond motifs is 1. The molecule has 2 N–H and O–H groups in total. The molecule has 27 heavy (non-hydrogen) atoms. The van der Waals surface area contributed by atoms with Crippen LogP contribution in [0, 0.1) is 0 Å². The Morgan fingerprint density at radius 3 is 2.59 bits per heavy atom. The maximum atomic E-state index is 5.72. The number of aromatic amines is 1. The van der Waals surface area contributed by atoms with Crippen molar-refractivity contribution in [3.63, 3.8) is 0 Å². The highest BCUT2D eigenvalue weighted by molar-refractivity contribution is 7.99. The van der Waals surface area contributed by atoms with Crippen molar-refractivity contribution in [1.29, 1.82) is 0 Å². The standard InChI is InChI=1S/C20H31N5S2/c1-6-11-27-17-13-15-14(21-18(22-15)20(2,3)4)12-16(17)23-19(26)25-9-7-24(5)8-10-25/h12-13H,6-11H2,1-5H3,(H,21,22)(H,23,26). The van der Waals surface area contributed by atoms with Crippen LogP contribution in [0.2, 0.25) is 0 Å². The molecule has 0 aliphatic carbocycles. The summed E-state index contributed by atoms with van der Waals surface area (Å²) < 4.78 is 0. The number of rotatable bonds is 4. The van der Waals surface area contributed by atoms with Crippen molar-refractivity contribution in [2.75, 3.05) is 44.3 Å². The minimum absolute atomic E-state index is 0.00152. The lowest BCUT2D eigenvalue weighted by Crippen LogP contribution is -2.48. The zero-order chi connectivity index (χ0) is 19.6. The number of nitrogens with one attached hydrogen (secondary N) is 2. The SMILES string of the molecule is CCCSc1cc2nc(C(C)(C)C)[nH]c2cc1NC(=S)N1CCN(C)CC1. The highest BCUT2D eigenvalue weighted by atomic mass is 32.2. The van der Waals surface area contributed by atoms with Gasteiger partial charge in [-0.1, -0.05) is 27.7 Å². The topological polar surface area (TPSA) is 47.2 Å². The molecule has 3 rings (SSSR count). The Hall–Kier alpha value is -1.31. The lowest BCUT2D eigenvalue weighted by Gasteiger charge is -2.34. The number of likely N-dealkylation sites (N-methyl/N-ethyl adjacent to an activating group) is 1. The quantitative estimate of drug-likeness (QED) is 0.584. The van der Waals surface area contributed by atoms with Gasteiger partial charge < -0.3 is 20.1 Å². The summed E-state index contributed by atoms with van der Waals surface area (Å²) in [6, 6.07) is 4.36. The van der Waals surface area contributed by atoms with Crippen molar-refractivity contribution in [1.82, 2.24) is 19.8 Å². The van der Waals surface area contributed by atoms with Gasteiger partial charge in [-0.15, -0.1) is 11.8 Å². The number of benzene rings is 1. The normalized spacial score (nSPS) is 16.1. The first-order chi connectivity index (χ1) is 12.8. The van der Waals surface area contributed by atoms with E-state index in [1.165, 1.54) is 4.90 Å². The fourth-order valence-electron chi connectivity index (χ4n) is 3.03. The monoisotopic (exact) mass is 405 g/mol. The van der Waals surface area contributed by atoms with Crippen molar-refractivity contribution in [3.05, 3.63) is 18.0 Å². The number of piperazine rings is 1. The molecule has 1 aliphatic rings. The molecule has 1 saturated heterocycles. The molecule has 5 nitrogen and oxygen atoms in total. The fourth-order valence-corrected chi connectivity index (χ4v) is 4.20. The van der Waals surface area contributed by atoms with E-state index in [1.54, 1.807) is 0 Å². The third-order valence-electron chi connectivity index (χ3n) is 4.79. The lowest BCUT2D eigenvalue weighted by molar-refractivity contribution is 0.217. The smallest absolute Gasteiger partial charge is 0.173 e. The molecule has 0 radical (unpaired) electrons. The van der Waals surface area contributed by atoms with Gasteiger partial charge in [0.2, 0.25) is 0 Å². The first-order valence-electron chi connectivity index (χ1n) is 9.69. The number of imidazole rings is 1. The van der Waals surface area contributed by atoms with Crippen LogP contribution in [0.5, 0.6) is 0 Å². The third kappa shape index (κ3) is 4.95. The first kappa shape index (κ1) is 20.4. The van der Waals surface area contributed by atoms with Crippen LogP contribution >= 0.6 is 24.0 Å². The van der Waals surface area contributed by atoms with Crippen LogP contribution in [0.4, 0.5) is 5.69 Å². The van der Waals surface area contributed by atoms with Gasteiger partial charge >= 0.3 is 0 Å². The molecule has 0 unspecified atom stereocenters. The maximum absolute atomic E-state index is 5.72. The molecule has 0 bridgehead atoms. The average Bonchev–Trinajstić information content (AvgIpc) is 3.03. The van der Waals surface area contributed by atoms with Gasteiger partial charge in [-0.05, 0) is 43.6 Å². The van der Waals surface area contributed by atoms with E-state index in [1.807, 2.05) is 11.8 Å². The summed E-state index contributed by atoms with van der Waals surface area (Å²) in [4.78, 5) is 14.1. The van der Waals surface area contributed by atoms with Crippen molar-refractivity contribution >= 4 is 45.8 Å². The summed E-state index contributed by atoms with van der Waals surface area (Å²) in [5, 5.41) is 4.33. The third-order valence-corrected chi connectivity index (χ3v) is 6.41. The van der Waals surface area contributed by atoms with Crippen LogP contribution in [0.1, 0.15) is 39.9 Å². The van der Waals surface area contributed by atoms with Gasteiger partial charge in [-0.3, -0.25) is 0 Å². The van der Waals surface area contributed by atoms with E-state index in [-0.39, 0.29) is 5.41 Å². The molecule has 7 heteroatoms. The van der Waals surface area contributed by atoms with Gasteiger partial charge in [0, 0.05) is 36.5 Å². The minimum atomic E-state index is -0.00152. The number of thiocarbonyl (C=S) groups is 1. The molecule has 1 aliphatic heterocycles. The van der Waals surface area contributed by atoms with E-state index in [9.17, 15) is 0 Å². The van der Waals surface area contributed by atoms with Crippen LogP contribution < -0.4 is 5.32 Å². The summed E-state index contributed by atoms with van der Waals surface area (Å²) in [5.74, 6) is 2.10. The van der Waals surface area contributed by atoms with E-state index in [0.29, 0.717) is 0 Å². The zero-order valence-corrected chi connectivity index (χ0v) is 18.7. The Labute approximate surface area is 172 Å². The number of thioether (sulfide) groups is 1. The van der Waals surface area contributed by atoms with E-state index in [4.69, 9.17) is 17.2 Å². The fraction of sp³-hybridized carbons (Fsp3) is 0.600. The van der Waals surface area contributed by atoms with E-state index >= 15 is 0 Å². The van der Waals surface area contributed by atoms with Crippen LogP contribution in [-0.2, 0) is 5.41 Å². The number of anilines is 1. The largest absolute Gasteiger partial charge is 0.346 e. The number of H-pyrrole nitrogens is 1. The molecule has 0 saturated carbocycles. The molecular weight excluding hydrogens is 374 g/mol. The summed E-state index contributed by atoms with van der Waals surface area (Å²) in [7, 11) is 2.16. The second-order valence-corrected chi connectivity index (χ2v) is 9.79. The molecule has 1 aromatic heterocycles. The van der Waals surface area contributed by atoms with Crippen LogP contribution in [-0.4, -0.2) is 63.9 Å². The van der Waals surface area contributed by atoms with Gasteiger partial charge in [0.15, 0.2) is 5.11 Å². The minimum Gasteiger partial charge on any atom is -0.346 e. The Balaban J connectivity index is 1.88. The van der Waals surface area contributed by atoms with Crippen molar-refractivity contribution in [2.24, 2.45) is 0 Å². The Bertz CT molecular complexity index is 801. The molecule has 0 spiro atoms. The van der Waals surface area contributed by atoms with Gasteiger partial charge in [-0.2, -0.15) is 0 Å². The highest BCUT2D eigenvalue weighted by Gasteiger charge is 2.21. The lowest BCUT2D eigenvalue weighted by atomic mass is 9.96. The van der Waals surface area contributed by atoms with Crippen LogP contribution in [0.3, 0.4) is 0 Å². The number of hydrogen-bond donors (Lipinski definition) is 2. The summed E-state index contributed by atoms with van der Waals surface area (Å²) in [6.45, 7) is 12.8. The van der Waals surface area contributed by atoms with Gasteiger partial charge in [0.05, 0.1) is 16.7 Å². The van der Waals surface area contributed by atoms with Gasteiger partial charge in [0.25, 0.3) is 0 Å². The molecule has 148 valence electrons. The first-order valence-corrected chi connectivity index (χ1v) is 11.1. The molecule has 1 fully saturated rings. The number of hydrogen-bond acceptors (Lipinski definition) is 4. The van der Waals surface area contributed by atoms with Crippen LogP contribution in [0.25, 0.3) is 11.0 Å². The molecular formula is C20H31N5S2. The molecule has 1 aromatic carbocycles. The molecule has 0 atom stereocenters. The second-order valence-electron chi connectivity index (χ2n) is 8.27. The predicted octanol–water partition coefficient (Wildman–Crippen LogP) is 4.31. The number of nitrogens with zero attached hydrogens (tertiary/aromatic N) is 3. The zero-order valence-electron chi connectivity index (χ0n) is 17.1. The van der Waals surface area contributed by atoms with Crippen LogP contribution in [0.15, 0.2) is 17.0 Å². The molecule has 0 amide bonds. The van der Waals surface area contributed by atoms with E-state index in [0.717, 1.165) is 66.0 Å². The predicted molar refractivity (Wildman–Crippen MR) is 121 cm³/mol. The van der Waals surface area contributed by atoms with Gasteiger partial charge in [0.1, 0.15) is 5.82 Å². The summed E-state index contributed by atoms with van der Waals surface area (Å²) in [6.07, 6.45) is 1.14. The van der Waals surface area contributed by atoms with E-state index in [2.05, 4.69) is 67.0 Å². The Morgan fingerprint density at radius 2 is 1.96 bits per heavy atom. The van der Waals surface area contributed by atoms with E-state index < -0.39 is 0 Å². The maximum Gasteiger partial charge on any atom is 0.173 e. The van der Waals surface area contributed by atoms with Crippen molar-refractivity contribution < 1.29 is 0 Å². The summed E-state index contributed by atoms with van der Waals surface area (Å²) >= 11 is 7.58. The summed E-state index contributed by atoms with van der Waals surface area (Å²) in [5.41, 5.74) is 3.16. The Morgan fingerprint density at radius 1 is 1.26 bits per heavy atom. The van der Waals surface area contributed by atoms with Crippen molar-refractivity contribution in [2.45, 2.75) is 44.4 Å². The molecule has 2 aromatic rings. The number of aromatic nitrogens is 2. The Kier molecular flexibility index (Phi) is 6.33. The second kappa shape index (κ2) is 8.37. The van der Waals surface area contributed by atoms with Crippen molar-refractivity contribution in [3.8, 4) is 0 Å². The average molecular weight is 406 g/mol. The highest BCUT2D eigenvalue weighted by Crippen LogP contribution is 2.33. The molecule has 2 heterocycles.